The number of nitrogens with two attached hydrogens (primary N) is 2. The number of nitrogens with zero attached hydrogens (tertiary/aromatic N) is 2. The summed E-state index contributed by atoms with van der Waals surface area (Å²) >= 11 is 1.50. The highest BCUT2D eigenvalue weighted by Crippen LogP contribution is 2.38. The van der Waals surface area contributed by atoms with Gasteiger partial charge in [-0.3, -0.25) is 0 Å². The van der Waals surface area contributed by atoms with Crippen molar-refractivity contribution in [1.29, 1.82) is 5.26 Å². The van der Waals surface area contributed by atoms with E-state index in [1.165, 1.54) is 11.3 Å². The molecular formula is C14H14N4S. The van der Waals surface area contributed by atoms with Crippen LogP contribution in [-0.2, 0) is 18.4 Å². The molecule has 1 aliphatic carbocycles. The Morgan fingerprint density at radius 3 is 2.95 bits per heavy atom. The molecule has 1 aromatic heterocycles. The maximum Gasteiger partial charge on any atom is 0.180 e. The van der Waals surface area contributed by atoms with Crippen LogP contribution in [0, 0.1) is 11.3 Å². The summed E-state index contributed by atoms with van der Waals surface area (Å²) in [5.41, 5.74) is 14.5. The van der Waals surface area contributed by atoms with E-state index in [0.717, 1.165) is 29.0 Å². The van der Waals surface area contributed by atoms with Crippen LogP contribution in [0.25, 0.3) is 0 Å². The van der Waals surface area contributed by atoms with Crippen molar-refractivity contribution in [1.82, 2.24) is 4.98 Å². The zero-order valence-corrected chi connectivity index (χ0v) is 11.2. The van der Waals surface area contributed by atoms with Gasteiger partial charge in [0.25, 0.3) is 0 Å². The third kappa shape index (κ3) is 1.99. The van der Waals surface area contributed by atoms with E-state index >= 15 is 0 Å². The summed E-state index contributed by atoms with van der Waals surface area (Å²) in [5.74, 6) is 0. The van der Waals surface area contributed by atoms with Crippen molar-refractivity contribution in [3.8, 4) is 6.07 Å². The van der Waals surface area contributed by atoms with Crippen LogP contribution in [0.5, 0.6) is 0 Å². The quantitative estimate of drug-likeness (QED) is 0.828. The van der Waals surface area contributed by atoms with Crippen LogP contribution in [0.3, 0.4) is 0 Å². The third-order valence-corrected chi connectivity index (χ3v) is 4.59. The molecule has 1 atom stereocenters. The van der Waals surface area contributed by atoms with Gasteiger partial charge in [0, 0.05) is 16.8 Å². The fourth-order valence-corrected chi connectivity index (χ4v) is 3.70. The Morgan fingerprint density at radius 1 is 1.37 bits per heavy atom. The molecule has 0 bridgehead atoms. The smallest absolute Gasteiger partial charge is 0.180 e. The van der Waals surface area contributed by atoms with Crippen LogP contribution in [0.15, 0.2) is 24.3 Å². The van der Waals surface area contributed by atoms with Gasteiger partial charge in [-0.15, -0.1) is 11.3 Å². The average Bonchev–Trinajstić information content (AvgIpc) is 2.77. The Bertz CT molecular complexity index is 670. The van der Waals surface area contributed by atoms with Crippen LogP contribution in [0.1, 0.15) is 28.1 Å². The van der Waals surface area contributed by atoms with Crippen molar-refractivity contribution < 1.29 is 0 Å². The van der Waals surface area contributed by atoms with E-state index < -0.39 is 5.54 Å². The minimum Gasteiger partial charge on any atom is -0.375 e. The molecule has 4 nitrogen and oxygen atoms in total. The monoisotopic (exact) mass is 270 g/mol. The molecule has 0 saturated heterocycles. The number of hydrogen-bond acceptors (Lipinski definition) is 5. The molecule has 1 aromatic carbocycles. The first-order valence-electron chi connectivity index (χ1n) is 6.15. The van der Waals surface area contributed by atoms with Crippen molar-refractivity contribution >= 4 is 16.5 Å². The fraction of sp³-hybridized carbons (Fsp3) is 0.286. The van der Waals surface area contributed by atoms with Gasteiger partial charge in [0.05, 0.1) is 17.3 Å². The maximum absolute atomic E-state index is 9.23. The van der Waals surface area contributed by atoms with Crippen molar-refractivity contribution in [3.63, 3.8) is 0 Å². The Kier molecular flexibility index (Phi) is 2.77. The second kappa shape index (κ2) is 4.34. The molecule has 1 aliphatic rings. The molecule has 3 rings (SSSR count). The van der Waals surface area contributed by atoms with E-state index in [1.807, 2.05) is 24.3 Å². The zero-order chi connectivity index (χ0) is 13.5. The largest absolute Gasteiger partial charge is 0.375 e. The highest BCUT2D eigenvalue weighted by Gasteiger charge is 2.35. The average molecular weight is 270 g/mol. The summed E-state index contributed by atoms with van der Waals surface area (Å²) in [5, 5.41) is 9.83. The zero-order valence-electron chi connectivity index (χ0n) is 10.4. The molecule has 0 fully saturated rings. The van der Waals surface area contributed by atoms with Crippen LogP contribution in [0.2, 0.25) is 0 Å². The van der Waals surface area contributed by atoms with Gasteiger partial charge in [-0.2, -0.15) is 5.26 Å². The van der Waals surface area contributed by atoms with Crippen LogP contribution in [0.4, 0.5) is 5.13 Å². The Labute approximate surface area is 115 Å². The van der Waals surface area contributed by atoms with Gasteiger partial charge in [0.2, 0.25) is 0 Å². The molecule has 0 amide bonds. The lowest BCUT2D eigenvalue weighted by Crippen LogP contribution is -2.42. The van der Waals surface area contributed by atoms with Gasteiger partial charge in [-0.1, -0.05) is 18.2 Å². The molecule has 19 heavy (non-hydrogen) atoms. The number of benzene rings is 1. The van der Waals surface area contributed by atoms with E-state index in [0.29, 0.717) is 17.1 Å². The number of hydrogen-bond donors (Lipinski definition) is 2. The Hall–Kier alpha value is -1.90. The van der Waals surface area contributed by atoms with E-state index in [4.69, 9.17) is 11.5 Å². The molecule has 0 saturated carbocycles. The summed E-state index contributed by atoms with van der Waals surface area (Å²) in [6.45, 7) is 0. The first-order chi connectivity index (χ1) is 9.12. The minimum absolute atomic E-state index is 0.488. The number of nitriles is 1. The molecule has 4 N–H and O–H groups in total. The molecule has 96 valence electrons. The lowest BCUT2D eigenvalue weighted by atomic mass is 9.77. The van der Waals surface area contributed by atoms with E-state index in [2.05, 4.69) is 11.1 Å². The van der Waals surface area contributed by atoms with Crippen molar-refractivity contribution in [2.24, 2.45) is 5.73 Å². The van der Waals surface area contributed by atoms with Gasteiger partial charge < -0.3 is 11.5 Å². The number of fused-ring (bicyclic) bond motifs is 1. The van der Waals surface area contributed by atoms with E-state index in [1.54, 1.807) is 0 Å². The maximum atomic E-state index is 9.23. The van der Waals surface area contributed by atoms with Crippen LogP contribution in [-0.4, -0.2) is 4.98 Å². The van der Waals surface area contributed by atoms with Crippen molar-refractivity contribution in [2.45, 2.75) is 24.8 Å². The number of nitrogen functional groups attached to an aromatic ring is 1. The molecule has 5 heteroatoms. The Balaban J connectivity index is 2.04. The SMILES string of the molecule is N#Cc1ccccc1C1(N)CCc2nc(N)sc2C1. The lowest BCUT2D eigenvalue weighted by Gasteiger charge is -2.33. The third-order valence-electron chi connectivity index (χ3n) is 3.66. The van der Waals surface area contributed by atoms with Gasteiger partial charge in [-0.05, 0) is 24.5 Å². The summed E-state index contributed by atoms with van der Waals surface area (Å²) in [7, 11) is 0. The van der Waals surface area contributed by atoms with Gasteiger partial charge in [0.15, 0.2) is 5.13 Å². The summed E-state index contributed by atoms with van der Waals surface area (Å²) in [4.78, 5) is 5.48. The number of rotatable bonds is 1. The molecule has 1 heterocycles. The topological polar surface area (TPSA) is 88.7 Å². The minimum atomic E-state index is -0.488. The first kappa shape index (κ1) is 12.2. The second-order valence-electron chi connectivity index (χ2n) is 4.91. The molecule has 0 spiro atoms. The van der Waals surface area contributed by atoms with E-state index in [-0.39, 0.29) is 0 Å². The summed E-state index contributed by atoms with van der Waals surface area (Å²) in [6, 6.07) is 9.80. The normalized spacial score (nSPS) is 21.7. The van der Waals surface area contributed by atoms with Crippen LogP contribution < -0.4 is 11.5 Å². The molecule has 2 aromatic rings. The van der Waals surface area contributed by atoms with Gasteiger partial charge in [-0.25, -0.2) is 4.98 Å². The van der Waals surface area contributed by atoms with Gasteiger partial charge >= 0.3 is 0 Å². The number of thiazole rings is 1. The lowest BCUT2D eigenvalue weighted by molar-refractivity contribution is 0.385. The number of anilines is 1. The van der Waals surface area contributed by atoms with Crippen LogP contribution >= 0.6 is 11.3 Å². The summed E-state index contributed by atoms with van der Waals surface area (Å²) < 4.78 is 0. The molecule has 0 radical (unpaired) electrons. The predicted molar refractivity (Wildman–Crippen MR) is 75.6 cm³/mol. The highest BCUT2D eigenvalue weighted by molar-refractivity contribution is 7.15. The highest BCUT2D eigenvalue weighted by atomic mass is 32.1. The van der Waals surface area contributed by atoms with Gasteiger partial charge in [0.1, 0.15) is 0 Å². The molecule has 0 aliphatic heterocycles. The number of aromatic nitrogens is 1. The van der Waals surface area contributed by atoms with Crippen molar-refractivity contribution in [2.75, 3.05) is 5.73 Å². The Morgan fingerprint density at radius 2 is 2.16 bits per heavy atom. The van der Waals surface area contributed by atoms with E-state index in [9.17, 15) is 5.26 Å². The standard InChI is InChI=1S/C14H14N4S/c15-8-9-3-1-2-4-10(9)14(17)6-5-11-12(7-14)19-13(16)18-11/h1-4H,5-7,17H2,(H2,16,18). The second-order valence-corrected chi connectivity index (χ2v) is 6.03. The fourth-order valence-electron chi connectivity index (χ4n) is 2.70. The predicted octanol–water partition coefficient (Wildman–Crippen LogP) is 1.94. The first-order valence-corrected chi connectivity index (χ1v) is 6.96. The summed E-state index contributed by atoms with van der Waals surface area (Å²) in [6.07, 6.45) is 2.32. The molecule has 1 unspecified atom stereocenters. The van der Waals surface area contributed by atoms with Crippen molar-refractivity contribution in [3.05, 3.63) is 46.0 Å². The number of aryl methyl sites for hydroxylation is 1. The molecular weight excluding hydrogens is 256 g/mol.